The number of nitrogens with one attached hydrogen (secondary N) is 2. The maximum atomic E-state index is 11.8. The zero-order valence-electron chi connectivity index (χ0n) is 20.1. The van der Waals surface area contributed by atoms with Crippen molar-refractivity contribution in [3.05, 3.63) is 24.4 Å². The van der Waals surface area contributed by atoms with Crippen molar-refractivity contribution in [2.24, 2.45) is 5.90 Å². The molecule has 0 fully saturated rings. The standard InChI is InChI=1S/C18H31N3O4.C4H10.H3NO/c1-5-7-19-18(23)15-25-12-11-24-10-8-20-17(22)14-21(9-6-2)13-16(3)4;1-3-4-2;1-2/h6,9,13H,2,5,7-8,10-12,14-15H2,1,3-4H3,(H-,19,20,22,23);3-4H2,1-2H3;2H,1H2/p+1. The second kappa shape index (κ2) is 27.9. The van der Waals surface area contributed by atoms with Crippen LogP contribution in [0.15, 0.2) is 24.4 Å². The van der Waals surface area contributed by atoms with Crippen LogP contribution in [0.3, 0.4) is 0 Å². The van der Waals surface area contributed by atoms with Crippen molar-refractivity contribution in [1.29, 1.82) is 0 Å². The lowest BCUT2D eigenvalue weighted by molar-refractivity contribution is -0.440. The van der Waals surface area contributed by atoms with E-state index in [-0.39, 0.29) is 25.0 Å². The Bertz CT molecular complexity index is 502. The Hall–Kier alpha value is -2.07. The topological polar surface area (TPSA) is 126 Å². The van der Waals surface area contributed by atoms with Gasteiger partial charge in [0.2, 0.25) is 12.5 Å². The van der Waals surface area contributed by atoms with Crippen molar-refractivity contribution < 1.29 is 28.8 Å². The van der Waals surface area contributed by atoms with E-state index in [9.17, 15) is 9.59 Å². The first-order valence-corrected chi connectivity index (χ1v) is 10.7. The summed E-state index contributed by atoms with van der Waals surface area (Å²) in [5.41, 5.74) is 1.10. The smallest absolute Gasteiger partial charge is 0.286 e. The number of allylic oxidation sites excluding steroid dienone is 2. The van der Waals surface area contributed by atoms with Crippen molar-refractivity contribution in [2.75, 3.05) is 46.1 Å². The summed E-state index contributed by atoms with van der Waals surface area (Å²) in [6.45, 7) is 16.4. The monoisotopic (exact) mass is 445 g/mol. The van der Waals surface area contributed by atoms with Crippen LogP contribution in [0.5, 0.6) is 0 Å². The molecule has 0 radical (unpaired) electrons. The minimum Gasteiger partial charge on any atom is -0.377 e. The van der Waals surface area contributed by atoms with Gasteiger partial charge in [-0.25, -0.2) is 5.90 Å². The minimum absolute atomic E-state index is 0.0418. The number of nitrogens with zero attached hydrogens (tertiary/aromatic N) is 1. The van der Waals surface area contributed by atoms with Gasteiger partial charge in [-0.15, -0.1) is 0 Å². The summed E-state index contributed by atoms with van der Waals surface area (Å²) in [6.07, 6.45) is 8.81. The normalized spacial score (nSPS) is 9.97. The van der Waals surface area contributed by atoms with Crippen LogP contribution in [-0.2, 0) is 19.1 Å². The van der Waals surface area contributed by atoms with Crippen molar-refractivity contribution in [3.8, 4) is 0 Å². The van der Waals surface area contributed by atoms with Crippen molar-refractivity contribution >= 4 is 18.0 Å². The largest absolute Gasteiger partial charge is 0.377 e. The van der Waals surface area contributed by atoms with Gasteiger partial charge in [-0.05, 0) is 31.9 Å². The molecule has 0 aromatic heterocycles. The Kier molecular flexibility index (Phi) is 30.2. The second-order valence-electron chi connectivity index (χ2n) is 6.63. The third kappa shape index (κ3) is 30.2. The Morgan fingerprint density at radius 2 is 1.52 bits per heavy atom. The molecule has 9 heteroatoms. The molecule has 0 heterocycles. The van der Waals surface area contributed by atoms with Crippen LogP contribution >= 0.6 is 0 Å². The molecule has 0 aliphatic carbocycles. The molecular formula is C22H45N4O5+. The van der Waals surface area contributed by atoms with Crippen LogP contribution in [0.2, 0.25) is 0 Å². The predicted octanol–water partition coefficient (Wildman–Crippen LogP) is 2.00. The molecule has 0 spiro atoms. The van der Waals surface area contributed by atoms with Gasteiger partial charge < -0.3 is 25.3 Å². The van der Waals surface area contributed by atoms with Gasteiger partial charge in [0, 0.05) is 13.1 Å². The number of ether oxygens (including phenoxy) is 2. The highest BCUT2D eigenvalue weighted by atomic mass is 16.5. The van der Waals surface area contributed by atoms with Crippen LogP contribution in [0.4, 0.5) is 0 Å². The summed E-state index contributed by atoms with van der Waals surface area (Å²) in [6, 6.07) is 0. The van der Waals surface area contributed by atoms with Gasteiger partial charge in [0.05, 0.1) is 19.8 Å². The lowest BCUT2D eigenvalue weighted by Gasteiger charge is -2.07. The highest BCUT2D eigenvalue weighted by molar-refractivity contribution is 5.78. The first-order chi connectivity index (χ1) is 14.9. The predicted molar refractivity (Wildman–Crippen MR) is 125 cm³/mol. The summed E-state index contributed by atoms with van der Waals surface area (Å²) >= 11 is 0. The molecule has 0 unspecified atom stereocenters. The fourth-order valence-electron chi connectivity index (χ4n) is 1.79. The van der Waals surface area contributed by atoms with E-state index in [2.05, 4.69) is 37.0 Å². The third-order valence-electron chi connectivity index (χ3n) is 3.29. The fraction of sp³-hybridized carbons (Fsp3) is 0.682. The zero-order chi connectivity index (χ0) is 24.3. The first-order valence-electron chi connectivity index (χ1n) is 10.7. The van der Waals surface area contributed by atoms with Gasteiger partial charge in [-0.3, -0.25) is 9.59 Å². The maximum absolute atomic E-state index is 11.8. The molecule has 0 aromatic carbocycles. The van der Waals surface area contributed by atoms with Crippen LogP contribution in [0.1, 0.15) is 53.9 Å². The molecule has 182 valence electrons. The lowest BCUT2D eigenvalue weighted by Crippen LogP contribution is -2.33. The molecule has 0 saturated carbocycles. The Morgan fingerprint density at radius 1 is 0.935 bits per heavy atom. The molecule has 0 rings (SSSR count). The molecular weight excluding hydrogens is 400 g/mol. The van der Waals surface area contributed by atoms with Gasteiger partial charge in [0.25, 0.3) is 5.91 Å². The molecule has 2 amide bonds. The highest BCUT2D eigenvalue weighted by Gasteiger charge is 2.08. The van der Waals surface area contributed by atoms with Gasteiger partial charge in [0.15, 0.2) is 12.4 Å². The zero-order valence-corrected chi connectivity index (χ0v) is 20.1. The Labute approximate surface area is 188 Å². The Balaban J connectivity index is -0.00000116. The van der Waals surface area contributed by atoms with Crippen LogP contribution in [0.25, 0.3) is 0 Å². The summed E-state index contributed by atoms with van der Waals surface area (Å²) in [7, 11) is 0. The average Bonchev–Trinajstić information content (AvgIpc) is 2.75. The number of amides is 2. The molecule has 5 N–H and O–H groups in total. The van der Waals surface area contributed by atoms with E-state index in [0.29, 0.717) is 32.9 Å². The van der Waals surface area contributed by atoms with Crippen LogP contribution in [0, 0.1) is 0 Å². The molecule has 31 heavy (non-hydrogen) atoms. The minimum atomic E-state index is -0.119. The highest BCUT2D eigenvalue weighted by Crippen LogP contribution is 1.90. The molecule has 0 saturated heterocycles. The van der Waals surface area contributed by atoms with Gasteiger partial charge in [-0.2, -0.15) is 4.58 Å². The maximum Gasteiger partial charge on any atom is 0.286 e. The van der Waals surface area contributed by atoms with Crippen LogP contribution in [-0.4, -0.2) is 73.9 Å². The fourth-order valence-corrected chi connectivity index (χ4v) is 1.79. The third-order valence-corrected chi connectivity index (χ3v) is 3.29. The van der Waals surface area contributed by atoms with Crippen LogP contribution < -0.4 is 16.5 Å². The van der Waals surface area contributed by atoms with Crippen molar-refractivity contribution in [2.45, 2.75) is 53.9 Å². The molecule has 0 aromatic rings. The number of rotatable bonds is 15. The van der Waals surface area contributed by atoms with E-state index in [1.807, 2.05) is 27.0 Å². The van der Waals surface area contributed by atoms with E-state index in [1.54, 1.807) is 16.9 Å². The molecule has 0 bridgehead atoms. The van der Waals surface area contributed by atoms with E-state index in [1.165, 1.54) is 12.8 Å². The number of unbranched alkanes of at least 4 members (excludes halogenated alkanes) is 1. The molecule has 9 nitrogen and oxygen atoms in total. The van der Waals surface area contributed by atoms with E-state index < -0.39 is 0 Å². The molecule has 0 aliphatic heterocycles. The number of carbonyl (C=O) groups excluding carboxylic acids is 2. The van der Waals surface area contributed by atoms with E-state index in [0.717, 1.165) is 12.0 Å². The number of carbonyl (C=O) groups is 2. The summed E-state index contributed by atoms with van der Waals surface area (Å²) in [5, 5.41) is 12.0. The van der Waals surface area contributed by atoms with Crippen molar-refractivity contribution in [3.63, 3.8) is 0 Å². The molecule has 0 aliphatic rings. The first kappa shape index (κ1) is 33.6. The Morgan fingerprint density at radius 3 is 2.03 bits per heavy atom. The number of hydrogen-bond acceptors (Lipinski definition) is 6. The number of nitrogens with two attached hydrogens (primary N) is 1. The SMILES string of the molecule is C=CC=[N+](C=C(C)C)CC(=O)NCCOCCOCC(=O)NCCC.CCCC.NO. The van der Waals surface area contributed by atoms with Crippen molar-refractivity contribution in [1.82, 2.24) is 10.6 Å². The summed E-state index contributed by atoms with van der Waals surface area (Å²) in [4.78, 5) is 23.1. The quantitative estimate of drug-likeness (QED) is 0.132. The van der Waals surface area contributed by atoms with Gasteiger partial charge in [0.1, 0.15) is 6.61 Å². The summed E-state index contributed by atoms with van der Waals surface area (Å²) in [5.74, 6) is 3.29. The second-order valence-corrected chi connectivity index (χ2v) is 6.63. The molecule has 0 atom stereocenters. The van der Waals surface area contributed by atoms with E-state index in [4.69, 9.17) is 14.7 Å². The van der Waals surface area contributed by atoms with E-state index >= 15 is 0 Å². The number of hydrogen-bond donors (Lipinski definition) is 4. The van der Waals surface area contributed by atoms with Gasteiger partial charge >= 0.3 is 0 Å². The average molecular weight is 446 g/mol. The summed E-state index contributed by atoms with van der Waals surface area (Å²) < 4.78 is 12.3. The lowest BCUT2D eigenvalue weighted by atomic mass is 10.4. The van der Waals surface area contributed by atoms with Gasteiger partial charge in [-0.1, -0.05) is 40.2 Å².